The van der Waals surface area contributed by atoms with Gasteiger partial charge in [0.05, 0.1) is 11.7 Å². The summed E-state index contributed by atoms with van der Waals surface area (Å²) in [6.07, 6.45) is 1.21. The third-order valence-corrected chi connectivity index (χ3v) is 2.69. The van der Waals surface area contributed by atoms with E-state index in [0.717, 1.165) is 12.8 Å². The summed E-state index contributed by atoms with van der Waals surface area (Å²) in [4.78, 5) is 0. The molecule has 1 saturated carbocycles. The van der Waals surface area contributed by atoms with Gasteiger partial charge in [0.1, 0.15) is 0 Å². The summed E-state index contributed by atoms with van der Waals surface area (Å²) in [7, 11) is 0. The topological polar surface area (TPSA) is 40.5 Å². The molecule has 0 aromatic carbocycles. The van der Waals surface area contributed by atoms with E-state index in [1.807, 2.05) is 20.8 Å². The van der Waals surface area contributed by atoms with Gasteiger partial charge in [0.25, 0.3) is 0 Å². The van der Waals surface area contributed by atoms with Crippen LogP contribution < -0.4 is 0 Å². The van der Waals surface area contributed by atoms with E-state index in [0.29, 0.717) is 0 Å². The minimum atomic E-state index is -0.557. The van der Waals surface area contributed by atoms with Crippen LogP contribution in [0, 0.1) is 11.8 Å². The van der Waals surface area contributed by atoms with E-state index < -0.39 is 5.60 Å². The van der Waals surface area contributed by atoms with Crippen LogP contribution in [0.2, 0.25) is 0 Å². The number of aliphatic hydroxyl groups excluding tert-OH is 1. The van der Waals surface area contributed by atoms with Crippen LogP contribution in [0.1, 0.15) is 33.6 Å². The molecule has 66 valence electrons. The second-order valence-corrected chi connectivity index (χ2v) is 4.35. The van der Waals surface area contributed by atoms with Crippen molar-refractivity contribution in [1.82, 2.24) is 0 Å². The Morgan fingerprint density at radius 1 is 1.18 bits per heavy atom. The molecule has 0 bridgehead atoms. The van der Waals surface area contributed by atoms with Crippen molar-refractivity contribution in [1.29, 1.82) is 0 Å². The average Bonchev–Trinajstić information content (AvgIpc) is 1.81. The maximum Gasteiger partial charge on any atom is 0.0626 e. The molecule has 0 amide bonds. The largest absolute Gasteiger partial charge is 0.393 e. The summed E-state index contributed by atoms with van der Waals surface area (Å²) in [5.74, 6) is 0.461. The molecule has 0 unspecified atom stereocenters. The van der Waals surface area contributed by atoms with Gasteiger partial charge in [-0.15, -0.1) is 0 Å². The van der Waals surface area contributed by atoms with Crippen LogP contribution >= 0.6 is 0 Å². The smallest absolute Gasteiger partial charge is 0.0626 e. The Balaban J connectivity index is 2.62. The van der Waals surface area contributed by atoms with Crippen LogP contribution in [0.15, 0.2) is 0 Å². The first-order valence-corrected chi connectivity index (χ1v) is 4.33. The summed E-state index contributed by atoms with van der Waals surface area (Å²) in [6, 6.07) is 0. The molecule has 0 heterocycles. The van der Waals surface area contributed by atoms with E-state index in [1.165, 1.54) is 0 Å². The monoisotopic (exact) mass is 158 g/mol. The van der Waals surface area contributed by atoms with E-state index in [4.69, 9.17) is 0 Å². The van der Waals surface area contributed by atoms with Gasteiger partial charge in [-0.1, -0.05) is 13.8 Å². The molecular weight excluding hydrogens is 140 g/mol. The van der Waals surface area contributed by atoms with Crippen LogP contribution in [0.4, 0.5) is 0 Å². The summed E-state index contributed by atoms with van der Waals surface area (Å²) in [5, 5.41) is 19.3. The van der Waals surface area contributed by atoms with Gasteiger partial charge >= 0.3 is 0 Å². The predicted octanol–water partition coefficient (Wildman–Crippen LogP) is 1.16. The summed E-state index contributed by atoms with van der Waals surface area (Å²) in [5.41, 5.74) is -0.557. The van der Waals surface area contributed by atoms with Crippen LogP contribution in [0.25, 0.3) is 0 Å². The lowest BCUT2D eigenvalue weighted by molar-refractivity contribution is -0.0766. The highest BCUT2D eigenvalue weighted by molar-refractivity contribution is 4.89. The fourth-order valence-corrected chi connectivity index (χ4v) is 2.27. The molecule has 11 heavy (non-hydrogen) atoms. The number of aliphatic hydroxyl groups is 2. The SMILES string of the molecule is C[C@@H]1C[C@](C)(O)C[C@@H](C)[C@@H]1O. The second kappa shape index (κ2) is 2.76. The Morgan fingerprint density at radius 3 is 1.91 bits per heavy atom. The fraction of sp³-hybridized carbons (Fsp3) is 1.00. The zero-order valence-corrected chi connectivity index (χ0v) is 7.54. The van der Waals surface area contributed by atoms with Crippen molar-refractivity contribution in [2.24, 2.45) is 11.8 Å². The van der Waals surface area contributed by atoms with E-state index in [-0.39, 0.29) is 17.9 Å². The first-order valence-electron chi connectivity index (χ1n) is 4.33. The lowest BCUT2D eigenvalue weighted by atomic mass is 9.73. The minimum absolute atomic E-state index is 0.227. The number of hydrogen-bond donors (Lipinski definition) is 2. The Kier molecular flexibility index (Phi) is 2.26. The Morgan fingerprint density at radius 2 is 1.55 bits per heavy atom. The third kappa shape index (κ3) is 1.94. The number of hydrogen-bond acceptors (Lipinski definition) is 2. The van der Waals surface area contributed by atoms with Gasteiger partial charge in [-0.3, -0.25) is 0 Å². The maximum absolute atomic E-state index is 9.72. The van der Waals surface area contributed by atoms with Crippen molar-refractivity contribution in [3.8, 4) is 0 Å². The fourth-order valence-electron chi connectivity index (χ4n) is 2.27. The minimum Gasteiger partial charge on any atom is -0.393 e. The molecule has 2 atom stereocenters. The van der Waals surface area contributed by atoms with Crippen molar-refractivity contribution in [3.63, 3.8) is 0 Å². The van der Waals surface area contributed by atoms with Gasteiger partial charge < -0.3 is 10.2 Å². The molecule has 0 radical (unpaired) electrons. The normalized spacial score (nSPS) is 52.6. The molecule has 1 aliphatic carbocycles. The van der Waals surface area contributed by atoms with Crippen molar-refractivity contribution in [2.75, 3.05) is 0 Å². The highest BCUT2D eigenvalue weighted by atomic mass is 16.3. The molecule has 2 heteroatoms. The van der Waals surface area contributed by atoms with Gasteiger partial charge in [-0.25, -0.2) is 0 Å². The molecule has 0 spiro atoms. The standard InChI is InChI=1S/C9H18O2/c1-6-4-9(3,11)5-7(2)8(6)10/h6-8,10-11H,4-5H2,1-3H3/t6-,7-,8-,9+/m1/s1. The summed E-state index contributed by atoms with van der Waals surface area (Å²) < 4.78 is 0. The Labute approximate surface area is 68.2 Å². The Hall–Kier alpha value is -0.0800. The predicted molar refractivity (Wildman–Crippen MR) is 44.2 cm³/mol. The zero-order chi connectivity index (χ0) is 8.65. The Bertz CT molecular complexity index is 128. The van der Waals surface area contributed by atoms with Gasteiger partial charge in [0.15, 0.2) is 0 Å². The highest BCUT2D eigenvalue weighted by Crippen LogP contribution is 2.35. The van der Waals surface area contributed by atoms with Crippen molar-refractivity contribution in [3.05, 3.63) is 0 Å². The first kappa shape index (κ1) is 9.01. The summed E-state index contributed by atoms with van der Waals surface area (Å²) in [6.45, 7) is 5.84. The second-order valence-electron chi connectivity index (χ2n) is 4.35. The van der Waals surface area contributed by atoms with E-state index in [9.17, 15) is 10.2 Å². The molecule has 0 aromatic rings. The highest BCUT2D eigenvalue weighted by Gasteiger charge is 2.37. The third-order valence-electron chi connectivity index (χ3n) is 2.69. The average molecular weight is 158 g/mol. The molecular formula is C9H18O2. The van der Waals surface area contributed by atoms with Gasteiger partial charge in [-0.05, 0) is 31.6 Å². The first-order chi connectivity index (χ1) is 4.92. The van der Waals surface area contributed by atoms with Crippen LogP contribution in [-0.4, -0.2) is 21.9 Å². The molecule has 1 rings (SSSR count). The van der Waals surface area contributed by atoms with Gasteiger partial charge in [0, 0.05) is 0 Å². The molecule has 0 saturated heterocycles. The van der Waals surface area contributed by atoms with Crippen molar-refractivity contribution >= 4 is 0 Å². The molecule has 2 nitrogen and oxygen atoms in total. The van der Waals surface area contributed by atoms with Crippen LogP contribution in [-0.2, 0) is 0 Å². The van der Waals surface area contributed by atoms with Crippen molar-refractivity contribution in [2.45, 2.75) is 45.3 Å². The number of rotatable bonds is 0. The zero-order valence-electron chi connectivity index (χ0n) is 7.54. The van der Waals surface area contributed by atoms with Crippen LogP contribution in [0.3, 0.4) is 0 Å². The van der Waals surface area contributed by atoms with Crippen LogP contribution in [0.5, 0.6) is 0 Å². The van der Waals surface area contributed by atoms with Crippen molar-refractivity contribution < 1.29 is 10.2 Å². The molecule has 2 N–H and O–H groups in total. The summed E-state index contributed by atoms with van der Waals surface area (Å²) >= 11 is 0. The van der Waals surface area contributed by atoms with Gasteiger partial charge in [0.2, 0.25) is 0 Å². The van der Waals surface area contributed by atoms with E-state index in [1.54, 1.807) is 0 Å². The lowest BCUT2D eigenvalue weighted by Gasteiger charge is -2.39. The molecule has 0 aromatic heterocycles. The molecule has 1 fully saturated rings. The molecule has 0 aliphatic heterocycles. The van der Waals surface area contributed by atoms with E-state index >= 15 is 0 Å². The van der Waals surface area contributed by atoms with E-state index in [2.05, 4.69) is 0 Å². The quantitative estimate of drug-likeness (QED) is 0.555. The lowest BCUT2D eigenvalue weighted by Crippen LogP contribution is -2.43. The molecule has 1 aliphatic rings. The maximum atomic E-state index is 9.72. The van der Waals surface area contributed by atoms with Gasteiger partial charge in [-0.2, -0.15) is 0 Å².